The zero-order valence-electron chi connectivity index (χ0n) is 14.7. The molecule has 0 spiro atoms. The third-order valence-corrected chi connectivity index (χ3v) is 3.77. The molecule has 7 heteroatoms. The van der Waals surface area contributed by atoms with Gasteiger partial charge in [0.25, 0.3) is 5.91 Å². The van der Waals surface area contributed by atoms with Crippen LogP contribution < -0.4 is 5.32 Å². The molecule has 24 heavy (non-hydrogen) atoms. The van der Waals surface area contributed by atoms with Gasteiger partial charge in [0.05, 0.1) is 12.1 Å². The smallest absolute Gasteiger partial charge is 0.355 e. The Morgan fingerprint density at radius 3 is 2.62 bits per heavy atom. The van der Waals surface area contributed by atoms with E-state index >= 15 is 0 Å². The minimum Gasteiger partial charge on any atom is -0.460 e. The molecule has 2 aromatic heterocycles. The Hall–Kier alpha value is -2.28. The summed E-state index contributed by atoms with van der Waals surface area (Å²) in [5, 5.41) is 2.70. The number of esters is 1. The maximum Gasteiger partial charge on any atom is 0.355 e. The van der Waals surface area contributed by atoms with Gasteiger partial charge in [0, 0.05) is 32.8 Å². The number of aromatic nitrogens is 1. The summed E-state index contributed by atoms with van der Waals surface area (Å²) in [5.41, 5.74) is 1.77. The first-order valence-corrected chi connectivity index (χ1v) is 7.88. The highest BCUT2D eigenvalue weighted by atomic mass is 16.5. The first-order valence-electron chi connectivity index (χ1n) is 7.88. The number of carbonyl (C=O) groups is 2. The topological polar surface area (TPSA) is 82.7 Å². The van der Waals surface area contributed by atoms with Crippen LogP contribution in [-0.2, 0) is 21.3 Å². The molecule has 0 aromatic carbocycles. The standard InChI is InChI=1S/C17H24N2O5/c1-10(2)15(16(20)18-6-7-22-5)24-17(21)13-9-14-12(19(13)4)8-11(3)23-14/h8-10,15H,6-7H2,1-5H3,(H,18,20)/t15-/m0/s1. The Labute approximate surface area is 140 Å². The molecule has 0 fully saturated rings. The second-order valence-corrected chi connectivity index (χ2v) is 6.05. The van der Waals surface area contributed by atoms with Crippen molar-refractivity contribution in [1.29, 1.82) is 0 Å². The number of amides is 1. The number of hydrogen-bond acceptors (Lipinski definition) is 5. The number of aryl methyl sites for hydroxylation is 2. The zero-order valence-corrected chi connectivity index (χ0v) is 14.7. The quantitative estimate of drug-likeness (QED) is 0.618. The predicted octanol–water partition coefficient (Wildman–Crippen LogP) is 2.02. The maximum absolute atomic E-state index is 12.5. The lowest BCUT2D eigenvalue weighted by atomic mass is 10.1. The van der Waals surface area contributed by atoms with Crippen LogP contribution in [0.25, 0.3) is 11.1 Å². The van der Waals surface area contributed by atoms with Gasteiger partial charge in [-0.05, 0) is 12.8 Å². The zero-order chi connectivity index (χ0) is 17.9. The number of fused-ring (bicyclic) bond motifs is 1. The monoisotopic (exact) mass is 336 g/mol. The number of furan rings is 1. The lowest BCUT2D eigenvalue weighted by molar-refractivity contribution is -0.132. The molecule has 0 aliphatic heterocycles. The van der Waals surface area contributed by atoms with Gasteiger partial charge in [-0.15, -0.1) is 0 Å². The summed E-state index contributed by atoms with van der Waals surface area (Å²) >= 11 is 0. The van der Waals surface area contributed by atoms with Crippen LogP contribution in [0.15, 0.2) is 16.5 Å². The number of nitrogens with one attached hydrogen (secondary N) is 1. The molecule has 0 saturated carbocycles. The fourth-order valence-corrected chi connectivity index (χ4v) is 2.48. The van der Waals surface area contributed by atoms with E-state index in [1.807, 2.05) is 26.8 Å². The molecule has 132 valence electrons. The molecule has 0 aliphatic carbocycles. The SMILES string of the molecule is COCCNC(=O)[C@@H](OC(=O)c1cc2oc(C)cc2n1C)C(C)C. The van der Waals surface area contributed by atoms with Crippen molar-refractivity contribution in [3.63, 3.8) is 0 Å². The van der Waals surface area contributed by atoms with E-state index in [9.17, 15) is 9.59 Å². The van der Waals surface area contributed by atoms with E-state index < -0.39 is 12.1 Å². The number of carbonyl (C=O) groups excluding carboxylic acids is 2. The van der Waals surface area contributed by atoms with Crippen LogP contribution in [0.2, 0.25) is 0 Å². The number of rotatable bonds is 7. The van der Waals surface area contributed by atoms with Crippen molar-refractivity contribution in [3.05, 3.63) is 23.6 Å². The van der Waals surface area contributed by atoms with E-state index in [4.69, 9.17) is 13.9 Å². The third-order valence-electron chi connectivity index (χ3n) is 3.77. The average molecular weight is 336 g/mol. The normalized spacial score (nSPS) is 12.6. The van der Waals surface area contributed by atoms with Gasteiger partial charge >= 0.3 is 5.97 Å². The molecule has 1 N–H and O–H groups in total. The molecule has 7 nitrogen and oxygen atoms in total. The van der Waals surface area contributed by atoms with Crippen molar-refractivity contribution in [3.8, 4) is 0 Å². The minimum absolute atomic E-state index is 0.151. The molecule has 1 atom stereocenters. The molecule has 0 radical (unpaired) electrons. The molecule has 2 rings (SSSR count). The van der Waals surface area contributed by atoms with Crippen LogP contribution >= 0.6 is 0 Å². The van der Waals surface area contributed by atoms with Gasteiger partial charge < -0.3 is 23.8 Å². The first kappa shape index (κ1) is 18.1. The summed E-state index contributed by atoms with van der Waals surface area (Å²) in [4.78, 5) is 24.7. The highest BCUT2D eigenvalue weighted by Crippen LogP contribution is 2.23. The third kappa shape index (κ3) is 3.79. The van der Waals surface area contributed by atoms with Crippen molar-refractivity contribution < 1.29 is 23.5 Å². The minimum atomic E-state index is -0.864. The molecule has 2 aromatic rings. The van der Waals surface area contributed by atoms with Gasteiger partial charge in [-0.1, -0.05) is 13.8 Å². The van der Waals surface area contributed by atoms with Crippen molar-refractivity contribution in [2.24, 2.45) is 13.0 Å². The fourth-order valence-electron chi connectivity index (χ4n) is 2.48. The Morgan fingerprint density at radius 2 is 2.04 bits per heavy atom. The Bertz CT molecular complexity index is 729. The van der Waals surface area contributed by atoms with Crippen LogP contribution in [-0.4, -0.2) is 42.8 Å². The summed E-state index contributed by atoms with van der Waals surface area (Å²) in [5.74, 6) is -0.263. The van der Waals surface area contributed by atoms with E-state index in [1.165, 1.54) is 0 Å². The van der Waals surface area contributed by atoms with E-state index in [1.54, 1.807) is 24.8 Å². The Morgan fingerprint density at radius 1 is 1.33 bits per heavy atom. The van der Waals surface area contributed by atoms with E-state index in [-0.39, 0.29) is 11.8 Å². The van der Waals surface area contributed by atoms with Crippen LogP contribution in [0.5, 0.6) is 0 Å². The molecule has 0 saturated heterocycles. The van der Waals surface area contributed by atoms with Crippen molar-refractivity contribution in [2.75, 3.05) is 20.3 Å². The van der Waals surface area contributed by atoms with Gasteiger partial charge in [0.2, 0.25) is 0 Å². The summed E-state index contributed by atoms with van der Waals surface area (Å²) in [6, 6.07) is 3.48. The lowest BCUT2D eigenvalue weighted by Gasteiger charge is -2.20. The number of hydrogen-bond donors (Lipinski definition) is 1. The highest BCUT2D eigenvalue weighted by Gasteiger charge is 2.28. The van der Waals surface area contributed by atoms with Gasteiger partial charge in [-0.2, -0.15) is 0 Å². The summed E-state index contributed by atoms with van der Waals surface area (Å²) in [6.07, 6.45) is -0.864. The summed E-state index contributed by atoms with van der Waals surface area (Å²) in [6.45, 7) is 6.27. The van der Waals surface area contributed by atoms with Crippen LogP contribution in [0, 0.1) is 12.8 Å². The van der Waals surface area contributed by atoms with Crippen LogP contribution in [0.3, 0.4) is 0 Å². The second kappa shape index (κ2) is 7.53. The van der Waals surface area contributed by atoms with Crippen molar-refractivity contribution >= 4 is 23.0 Å². The number of ether oxygens (including phenoxy) is 2. The van der Waals surface area contributed by atoms with Crippen LogP contribution in [0.4, 0.5) is 0 Å². The molecule has 0 unspecified atom stereocenters. The van der Waals surface area contributed by atoms with Gasteiger partial charge in [0.1, 0.15) is 11.5 Å². The van der Waals surface area contributed by atoms with Gasteiger partial charge in [0.15, 0.2) is 11.7 Å². The molecule has 0 aliphatic rings. The van der Waals surface area contributed by atoms with Gasteiger partial charge in [-0.3, -0.25) is 4.79 Å². The number of methoxy groups -OCH3 is 1. The van der Waals surface area contributed by atoms with Gasteiger partial charge in [-0.25, -0.2) is 4.79 Å². The van der Waals surface area contributed by atoms with Crippen molar-refractivity contribution in [2.45, 2.75) is 26.9 Å². The maximum atomic E-state index is 12.5. The molecular weight excluding hydrogens is 312 g/mol. The van der Waals surface area contributed by atoms with Crippen molar-refractivity contribution in [1.82, 2.24) is 9.88 Å². The predicted molar refractivity (Wildman–Crippen MR) is 88.8 cm³/mol. The summed E-state index contributed by atoms with van der Waals surface area (Å²) < 4.78 is 17.6. The molecule has 2 heterocycles. The first-order chi connectivity index (χ1) is 11.3. The molecular formula is C17H24N2O5. The van der Waals surface area contributed by atoms with E-state index in [2.05, 4.69) is 5.32 Å². The molecule has 1 amide bonds. The fraction of sp³-hybridized carbons (Fsp3) is 0.529. The summed E-state index contributed by atoms with van der Waals surface area (Å²) in [7, 11) is 3.32. The lowest BCUT2D eigenvalue weighted by Crippen LogP contribution is -2.42. The second-order valence-electron chi connectivity index (χ2n) is 6.05. The van der Waals surface area contributed by atoms with Crippen LogP contribution in [0.1, 0.15) is 30.1 Å². The Balaban J connectivity index is 2.12. The largest absolute Gasteiger partial charge is 0.460 e. The average Bonchev–Trinajstić information content (AvgIpc) is 3.02. The van der Waals surface area contributed by atoms with E-state index in [0.29, 0.717) is 24.4 Å². The highest BCUT2D eigenvalue weighted by molar-refractivity contribution is 5.95. The number of nitrogens with zero attached hydrogens (tertiary/aromatic N) is 1. The van der Waals surface area contributed by atoms with E-state index in [0.717, 1.165) is 11.3 Å². The Kier molecular flexibility index (Phi) is 5.66. The molecule has 0 bridgehead atoms.